The quantitative estimate of drug-likeness (QED) is 0.314. The SMILES string of the molecule is Fc1ccc(-n2ncc3c(SCc4noc(-c5ccsc5)n4)ncnc32)cc1. The molecular weight excluding hydrogens is 399 g/mol. The summed E-state index contributed by atoms with van der Waals surface area (Å²) in [6.07, 6.45) is 3.19. The van der Waals surface area contributed by atoms with Crippen molar-refractivity contribution >= 4 is 34.1 Å². The van der Waals surface area contributed by atoms with Crippen molar-refractivity contribution in [3.8, 4) is 17.1 Å². The van der Waals surface area contributed by atoms with Crippen molar-refractivity contribution in [1.29, 1.82) is 0 Å². The maximum absolute atomic E-state index is 13.2. The largest absolute Gasteiger partial charge is 0.334 e. The first kappa shape index (κ1) is 17.0. The van der Waals surface area contributed by atoms with E-state index in [1.165, 1.54) is 30.2 Å². The monoisotopic (exact) mass is 410 g/mol. The summed E-state index contributed by atoms with van der Waals surface area (Å²) in [7, 11) is 0. The van der Waals surface area contributed by atoms with E-state index >= 15 is 0 Å². The van der Waals surface area contributed by atoms with E-state index in [9.17, 15) is 4.39 Å². The smallest absolute Gasteiger partial charge is 0.258 e. The Bertz CT molecular complexity index is 1230. The highest BCUT2D eigenvalue weighted by Gasteiger charge is 2.14. The zero-order chi connectivity index (χ0) is 18.9. The van der Waals surface area contributed by atoms with E-state index in [2.05, 4.69) is 25.2 Å². The molecule has 10 heteroatoms. The van der Waals surface area contributed by atoms with Crippen LogP contribution in [0.25, 0.3) is 28.2 Å². The average Bonchev–Trinajstić information content (AvgIpc) is 3.46. The van der Waals surface area contributed by atoms with E-state index in [1.54, 1.807) is 34.3 Å². The number of hydrogen-bond acceptors (Lipinski definition) is 8. The molecule has 0 aliphatic carbocycles. The Kier molecular flexibility index (Phi) is 4.34. The molecule has 0 aliphatic rings. The van der Waals surface area contributed by atoms with Gasteiger partial charge < -0.3 is 4.52 Å². The van der Waals surface area contributed by atoms with Crippen LogP contribution >= 0.6 is 23.1 Å². The Morgan fingerprint density at radius 3 is 2.86 bits per heavy atom. The molecule has 5 rings (SSSR count). The van der Waals surface area contributed by atoms with Gasteiger partial charge in [-0.15, -0.1) is 0 Å². The lowest BCUT2D eigenvalue weighted by molar-refractivity contribution is 0.425. The molecule has 0 bridgehead atoms. The van der Waals surface area contributed by atoms with E-state index < -0.39 is 0 Å². The summed E-state index contributed by atoms with van der Waals surface area (Å²) < 4.78 is 20.1. The minimum Gasteiger partial charge on any atom is -0.334 e. The normalized spacial score (nSPS) is 11.3. The van der Waals surface area contributed by atoms with E-state index in [4.69, 9.17) is 4.52 Å². The van der Waals surface area contributed by atoms with Gasteiger partial charge in [0.15, 0.2) is 11.5 Å². The fraction of sp³-hybridized carbons (Fsp3) is 0.0556. The van der Waals surface area contributed by atoms with Crippen LogP contribution in [0.15, 0.2) is 63.2 Å². The van der Waals surface area contributed by atoms with Gasteiger partial charge >= 0.3 is 0 Å². The highest BCUT2D eigenvalue weighted by atomic mass is 32.2. The van der Waals surface area contributed by atoms with Crippen molar-refractivity contribution in [2.45, 2.75) is 10.8 Å². The average molecular weight is 410 g/mol. The topological polar surface area (TPSA) is 82.5 Å². The van der Waals surface area contributed by atoms with E-state index in [-0.39, 0.29) is 5.82 Å². The predicted octanol–water partition coefficient (Wildman–Crippen LogP) is 4.36. The molecule has 5 aromatic rings. The minimum atomic E-state index is -0.298. The van der Waals surface area contributed by atoms with Crippen molar-refractivity contribution in [2.24, 2.45) is 0 Å². The first-order valence-corrected chi connectivity index (χ1v) is 10.1. The summed E-state index contributed by atoms with van der Waals surface area (Å²) in [5.74, 6) is 1.30. The molecule has 1 aromatic carbocycles. The number of hydrogen-bond donors (Lipinski definition) is 0. The summed E-state index contributed by atoms with van der Waals surface area (Å²) in [5, 5.41) is 13.9. The van der Waals surface area contributed by atoms with Gasteiger partial charge in [-0.2, -0.15) is 21.4 Å². The summed E-state index contributed by atoms with van der Waals surface area (Å²) in [4.78, 5) is 13.1. The Balaban J connectivity index is 1.40. The van der Waals surface area contributed by atoms with Crippen LogP contribution in [0.2, 0.25) is 0 Å². The molecule has 4 aromatic heterocycles. The molecule has 138 valence electrons. The fourth-order valence-corrected chi connectivity index (χ4v) is 4.09. The maximum atomic E-state index is 13.2. The number of fused-ring (bicyclic) bond motifs is 1. The highest BCUT2D eigenvalue weighted by molar-refractivity contribution is 7.98. The third-order valence-electron chi connectivity index (χ3n) is 3.97. The number of halogens is 1. The molecule has 0 unspecified atom stereocenters. The molecule has 0 spiro atoms. The lowest BCUT2D eigenvalue weighted by atomic mass is 10.3. The molecule has 28 heavy (non-hydrogen) atoms. The summed E-state index contributed by atoms with van der Waals surface area (Å²) in [5.41, 5.74) is 2.29. The van der Waals surface area contributed by atoms with Crippen molar-refractivity contribution in [1.82, 2.24) is 29.9 Å². The molecule has 0 saturated heterocycles. The molecule has 0 saturated carbocycles. The van der Waals surface area contributed by atoms with Crippen LogP contribution in [0.5, 0.6) is 0 Å². The lowest BCUT2D eigenvalue weighted by Crippen LogP contribution is -1.98. The summed E-state index contributed by atoms with van der Waals surface area (Å²) in [6.45, 7) is 0. The van der Waals surface area contributed by atoms with Crippen LogP contribution in [-0.4, -0.2) is 29.9 Å². The maximum Gasteiger partial charge on any atom is 0.258 e. The van der Waals surface area contributed by atoms with Gasteiger partial charge in [0.2, 0.25) is 0 Å². The molecule has 0 fully saturated rings. The zero-order valence-electron chi connectivity index (χ0n) is 14.2. The Morgan fingerprint density at radius 1 is 1.14 bits per heavy atom. The number of nitrogens with zero attached hydrogens (tertiary/aromatic N) is 6. The zero-order valence-corrected chi connectivity index (χ0v) is 15.8. The van der Waals surface area contributed by atoms with Gasteiger partial charge in [0.25, 0.3) is 5.89 Å². The second-order valence-corrected chi connectivity index (χ2v) is 7.51. The van der Waals surface area contributed by atoms with Crippen LogP contribution in [0.4, 0.5) is 4.39 Å². The Labute approximate surface area is 166 Å². The van der Waals surface area contributed by atoms with Gasteiger partial charge in [-0.3, -0.25) is 0 Å². The summed E-state index contributed by atoms with van der Waals surface area (Å²) in [6, 6.07) is 8.03. The number of benzene rings is 1. The van der Waals surface area contributed by atoms with Crippen LogP contribution in [0.1, 0.15) is 5.82 Å². The van der Waals surface area contributed by atoms with Gasteiger partial charge in [0, 0.05) is 5.38 Å². The molecule has 7 nitrogen and oxygen atoms in total. The van der Waals surface area contributed by atoms with Crippen molar-refractivity contribution in [3.63, 3.8) is 0 Å². The van der Waals surface area contributed by atoms with E-state index in [1.807, 2.05) is 16.8 Å². The second-order valence-electron chi connectivity index (χ2n) is 5.77. The first-order chi connectivity index (χ1) is 13.8. The third-order valence-corrected chi connectivity index (χ3v) is 5.66. The van der Waals surface area contributed by atoms with Crippen LogP contribution in [0.3, 0.4) is 0 Å². The Morgan fingerprint density at radius 2 is 2.04 bits per heavy atom. The number of aromatic nitrogens is 6. The van der Waals surface area contributed by atoms with E-state index in [0.717, 1.165) is 21.7 Å². The third kappa shape index (κ3) is 3.16. The minimum absolute atomic E-state index is 0.298. The van der Waals surface area contributed by atoms with Gasteiger partial charge in [0.05, 0.1) is 28.6 Å². The lowest BCUT2D eigenvalue weighted by Gasteiger charge is -2.03. The molecule has 0 atom stereocenters. The van der Waals surface area contributed by atoms with Gasteiger partial charge in [-0.1, -0.05) is 16.9 Å². The van der Waals surface area contributed by atoms with Crippen LogP contribution < -0.4 is 0 Å². The fourth-order valence-electron chi connectivity index (χ4n) is 2.66. The molecule has 0 aliphatic heterocycles. The van der Waals surface area contributed by atoms with Crippen molar-refractivity contribution in [3.05, 3.63) is 65.3 Å². The van der Waals surface area contributed by atoms with Crippen LogP contribution in [0, 0.1) is 5.82 Å². The predicted molar refractivity (Wildman–Crippen MR) is 104 cm³/mol. The van der Waals surface area contributed by atoms with Gasteiger partial charge in [-0.25, -0.2) is 19.0 Å². The molecule has 0 radical (unpaired) electrons. The van der Waals surface area contributed by atoms with Crippen molar-refractivity contribution in [2.75, 3.05) is 0 Å². The number of thiophene rings is 1. The van der Waals surface area contributed by atoms with Crippen molar-refractivity contribution < 1.29 is 8.91 Å². The molecule has 4 heterocycles. The summed E-state index contributed by atoms with van der Waals surface area (Å²) >= 11 is 3.05. The van der Waals surface area contributed by atoms with Gasteiger partial charge in [-0.05, 0) is 35.7 Å². The highest BCUT2D eigenvalue weighted by Crippen LogP contribution is 2.28. The molecule has 0 amide bonds. The molecular formula is C18H11FN6OS2. The van der Waals surface area contributed by atoms with E-state index in [0.29, 0.717) is 23.1 Å². The second kappa shape index (κ2) is 7.13. The number of thioether (sulfide) groups is 1. The van der Waals surface area contributed by atoms with Gasteiger partial charge in [0.1, 0.15) is 17.2 Å². The Hall–Kier alpha value is -3.11. The first-order valence-electron chi connectivity index (χ1n) is 8.20. The van der Waals surface area contributed by atoms with Crippen LogP contribution in [-0.2, 0) is 5.75 Å². The standard InChI is InChI=1S/C18H11FN6OS2/c19-12-1-3-13(4-2-12)25-16-14(7-22-25)18(21-10-20-16)28-9-15-23-17(26-24-15)11-5-6-27-8-11/h1-8,10H,9H2. The number of rotatable bonds is 5. The molecule has 0 N–H and O–H groups in total.